The van der Waals surface area contributed by atoms with Crippen LogP contribution in [0.3, 0.4) is 0 Å². The lowest BCUT2D eigenvalue weighted by molar-refractivity contribution is 0.318. The number of hydrogen-bond donors (Lipinski definition) is 1. The van der Waals surface area contributed by atoms with Gasteiger partial charge in [-0.15, -0.1) is 0 Å². The van der Waals surface area contributed by atoms with E-state index >= 15 is 0 Å². The molecule has 1 saturated heterocycles. The number of rotatable bonds is 3. The van der Waals surface area contributed by atoms with Gasteiger partial charge in [0.05, 0.1) is 18.6 Å². The van der Waals surface area contributed by atoms with E-state index in [0.29, 0.717) is 0 Å². The van der Waals surface area contributed by atoms with Crippen molar-refractivity contribution in [3.63, 3.8) is 0 Å². The van der Waals surface area contributed by atoms with E-state index in [2.05, 4.69) is 33.0 Å². The Balaban J connectivity index is 1.88. The predicted octanol–water partition coefficient (Wildman–Crippen LogP) is 1.31. The third-order valence-electron chi connectivity index (χ3n) is 4.29. The van der Waals surface area contributed by atoms with Crippen molar-refractivity contribution in [3.8, 4) is 0 Å². The van der Waals surface area contributed by atoms with Gasteiger partial charge >= 0.3 is 0 Å². The second-order valence-corrected chi connectivity index (χ2v) is 5.66. The minimum atomic E-state index is 0.236. The Morgan fingerprint density at radius 2 is 2.16 bits per heavy atom. The molecule has 0 amide bonds. The fourth-order valence-electron chi connectivity index (χ4n) is 2.91. The molecule has 0 saturated carbocycles. The van der Waals surface area contributed by atoms with Gasteiger partial charge in [0.1, 0.15) is 0 Å². The summed E-state index contributed by atoms with van der Waals surface area (Å²) < 4.78 is 4.19. The van der Waals surface area contributed by atoms with Crippen molar-refractivity contribution in [2.45, 2.75) is 31.7 Å². The number of piperidine rings is 1. The van der Waals surface area contributed by atoms with Crippen LogP contribution in [-0.4, -0.2) is 32.4 Å². The van der Waals surface area contributed by atoms with Crippen molar-refractivity contribution < 1.29 is 0 Å². The van der Waals surface area contributed by atoms with E-state index in [-0.39, 0.29) is 5.41 Å². The first-order valence-corrected chi connectivity index (χ1v) is 6.87. The van der Waals surface area contributed by atoms with E-state index in [1.165, 1.54) is 24.2 Å². The Hall–Kier alpha value is -1.62. The maximum absolute atomic E-state index is 4.37. The summed E-state index contributed by atoms with van der Waals surface area (Å²) in [5, 5.41) is 7.66. The van der Waals surface area contributed by atoms with Crippen LogP contribution in [-0.2, 0) is 19.0 Å². The number of hydrogen-bond acceptors (Lipinski definition) is 3. The zero-order valence-corrected chi connectivity index (χ0v) is 11.6. The van der Waals surface area contributed by atoms with Gasteiger partial charge in [-0.2, -0.15) is 5.10 Å². The number of nitrogens with one attached hydrogen (secondary N) is 1. The molecule has 1 aliphatic heterocycles. The third-order valence-corrected chi connectivity index (χ3v) is 4.29. The molecule has 1 fully saturated rings. The SMILES string of the molecule is Cn1nccc1Cn1cncc1C1(C)CCNCC1. The number of aromatic nitrogens is 4. The quantitative estimate of drug-likeness (QED) is 0.904. The minimum absolute atomic E-state index is 0.236. The van der Waals surface area contributed by atoms with Crippen molar-refractivity contribution in [2.24, 2.45) is 7.05 Å². The van der Waals surface area contributed by atoms with Crippen molar-refractivity contribution in [2.75, 3.05) is 13.1 Å². The molecule has 19 heavy (non-hydrogen) atoms. The number of nitrogens with zero attached hydrogens (tertiary/aromatic N) is 4. The molecule has 3 rings (SSSR count). The molecule has 5 heteroatoms. The molecular weight excluding hydrogens is 238 g/mol. The molecule has 5 nitrogen and oxygen atoms in total. The fourth-order valence-corrected chi connectivity index (χ4v) is 2.91. The highest BCUT2D eigenvalue weighted by atomic mass is 15.3. The van der Waals surface area contributed by atoms with Gasteiger partial charge in [-0.1, -0.05) is 6.92 Å². The van der Waals surface area contributed by atoms with Gasteiger partial charge in [0.2, 0.25) is 0 Å². The minimum Gasteiger partial charge on any atom is -0.328 e. The summed E-state index contributed by atoms with van der Waals surface area (Å²) in [6.45, 7) is 5.38. The Morgan fingerprint density at radius 3 is 2.84 bits per heavy atom. The first-order chi connectivity index (χ1) is 9.19. The van der Waals surface area contributed by atoms with Gasteiger partial charge in [0.15, 0.2) is 0 Å². The summed E-state index contributed by atoms with van der Waals surface area (Å²) in [6.07, 6.45) is 8.16. The topological polar surface area (TPSA) is 47.7 Å². The Bertz CT molecular complexity index is 548. The van der Waals surface area contributed by atoms with Crippen LogP contribution in [0.15, 0.2) is 24.8 Å². The Labute approximate surface area is 113 Å². The second kappa shape index (κ2) is 4.81. The summed E-state index contributed by atoms with van der Waals surface area (Å²) in [5.74, 6) is 0. The average Bonchev–Trinajstić information content (AvgIpc) is 3.01. The molecule has 2 aromatic rings. The van der Waals surface area contributed by atoms with Crippen LogP contribution in [0.25, 0.3) is 0 Å². The van der Waals surface area contributed by atoms with E-state index < -0.39 is 0 Å². The van der Waals surface area contributed by atoms with E-state index in [4.69, 9.17) is 0 Å². The van der Waals surface area contributed by atoms with Crippen LogP contribution < -0.4 is 5.32 Å². The molecule has 3 heterocycles. The predicted molar refractivity (Wildman–Crippen MR) is 74.0 cm³/mol. The molecule has 0 bridgehead atoms. The van der Waals surface area contributed by atoms with E-state index in [9.17, 15) is 0 Å². The van der Waals surface area contributed by atoms with Gasteiger partial charge in [0, 0.05) is 30.6 Å². The molecule has 1 N–H and O–H groups in total. The fraction of sp³-hybridized carbons (Fsp3) is 0.571. The van der Waals surface area contributed by atoms with Gasteiger partial charge < -0.3 is 9.88 Å². The highest BCUT2D eigenvalue weighted by Gasteiger charge is 2.31. The van der Waals surface area contributed by atoms with Crippen molar-refractivity contribution in [1.82, 2.24) is 24.6 Å². The van der Waals surface area contributed by atoms with Crippen LogP contribution in [0.2, 0.25) is 0 Å². The van der Waals surface area contributed by atoms with Crippen molar-refractivity contribution in [3.05, 3.63) is 36.2 Å². The Kier molecular flexibility index (Phi) is 3.14. The molecule has 2 aromatic heterocycles. The summed E-state index contributed by atoms with van der Waals surface area (Å²) in [6, 6.07) is 2.06. The molecule has 0 unspecified atom stereocenters. The van der Waals surface area contributed by atoms with E-state index in [1.54, 1.807) is 0 Å². The molecule has 0 radical (unpaired) electrons. The smallest absolute Gasteiger partial charge is 0.0952 e. The summed E-state index contributed by atoms with van der Waals surface area (Å²) in [4.78, 5) is 4.37. The monoisotopic (exact) mass is 259 g/mol. The lowest BCUT2D eigenvalue weighted by atomic mass is 9.78. The second-order valence-electron chi connectivity index (χ2n) is 5.66. The first kappa shape index (κ1) is 12.4. The molecule has 102 valence electrons. The third kappa shape index (κ3) is 2.30. The maximum atomic E-state index is 4.37. The normalized spacial score (nSPS) is 18.6. The van der Waals surface area contributed by atoms with Gasteiger partial charge in [-0.05, 0) is 32.0 Å². The average molecular weight is 259 g/mol. The van der Waals surface area contributed by atoms with Crippen molar-refractivity contribution in [1.29, 1.82) is 0 Å². The van der Waals surface area contributed by atoms with Gasteiger partial charge in [0.25, 0.3) is 0 Å². The molecule has 0 atom stereocenters. The molecule has 1 aliphatic rings. The first-order valence-electron chi connectivity index (χ1n) is 6.87. The van der Waals surface area contributed by atoms with Crippen LogP contribution in [0.5, 0.6) is 0 Å². The zero-order valence-electron chi connectivity index (χ0n) is 11.6. The highest BCUT2D eigenvalue weighted by molar-refractivity contribution is 5.17. The standard InChI is InChI=1S/C14H21N5/c1-14(4-7-15-8-5-14)13-9-16-11-19(13)10-12-3-6-17-18(12)2/h3,6,9,11,15H,4-5,7-8,10H2,1-2H3. The maximum Gasteiger partial charge on any atom is 0.0952 e. The lowest BCUT2D eigenvalue weighted by Gasteiger charge is -2.34. The molecule has 0 aromatic carbocycles. The van der Waals surface area contributed by atoms with Crippen LogP contribution in [0.1, 0.15) is 31.2 Å². The van der Waals surface area contributed by atoms with Crippen LogP contribution in [0.4, 0.5) is 0 Å². The molecular formula is C14H21N5. The highest BCUT2D eigenvalue weighted by Crippen LogP contribution is 2.32. The Morgan fingerprint density at radius 1 is 1.37 bits per heavy atom. The number of imidazole rings is 1. The summed E-state index contributed by atoms with van der Waals surface area (Å²) >= 11 is 0. The molecule has 0 aliphatic carbocycles. The number of aryl methyl sites for hydroxylation is 1. The van der Waals surface area contributed by atoms with Gasteiger partial charge in [-0.25, -0.2) is 4.98 Å². The van der Waals surface area contributed by atoms with E-state index in [0.717, 1.165) is 19.6 Å². The summed E-state index contributed by atoms with van der Waals surface area (Å²) in [5.41, 5.74) is 2.78. The van der Waals surface area contributed by atoms with Crippen molar-refractivity contribution >= 4 is 0 Å². The molecule has 0 spiro atoms. The lowest BCUT2D eigenvalue weighted by Crippen LogP contribution is -2.39. The summed E-state index contributed by atoms with van der Waals surface area (Å²) in [7, 11) is 1.98. The van der Waals surface area contributed by atoms with Crippen LogP contribution >= 0.6 is 0 Å². The largest absolute Gasteiger partial charge is 0.328 e. The van der Waals surface area contributed by atoms with Crippen LogP contribution in [0, 0.1) is 0 Å². The zero-order chi connectivity index (χ0) is 13.3. The van der Waals surface area contributed by atoms with E-state index in [1.807, 2.05) is 30.5 Å². The van der Waals surface area contributed by atoms with Gasteiger partial charge in [-0.3, -0.25) is 4.68 Å².